The highest BCUT2D eigenvalue weighted by Gasteiger charge is 2.23. The van der Waals surface area contributed by atoms with E-state index in [0.717, 1.165) is 24.2 Å². The molecule has 0 atom stereocenters. The van der Waals surface area contributed by atoms with Gasteiger partial charge in [-0.1, -0.05) is 29.8 Å². The molecule has 0 radical (unpaired) electrons. The van der Waals surface area contributed by atoms with E-state index in [0.29, 0.717) is 34.9 Å². The second-order valence-corrected chi connectivity index (χ2v) is 6.69. The summed E-state index contributed by atoms with van der Waals surface area (Å²) in [4.78, 5) is 25.4. The number of hydrogen-bond donors (Lipinski definition) is 2. The van der Waals surface area contributed by atoms with Crippen LogP contribution in [0.15, 0.2) is 35.3 Å². The van der Waals surface area contributed by atoms with E-state index in [-0.39, 0.29) is 11.5 Å². The Kier molecular flexibility index (Phi) is 4.26. The second kappa shape index (κ2) is 6.59. The van der Waals surface area contributed by atoms with Crippen LogP contribution in [0.2, 0.25) is 5.02 Å². The minimum absolute atomic E-state index is 0.176. The summed E-state index contributed by atoms with van der Waals surface area (Å²) in [6.07, 6.45) is 2.18. The van der Waals surface area contributed by atoms with Crippen LogP contribution in [-0.4, -0.2) is 26.6 Å². The van der Waals surface area contributed by atoms with E-state index < -0.39 is 0 Å². The zero-order chi connectivity index (χ0) is 18.3. The molecule has 1 aliphatic rings. The van der Waals surface area contributed by atoms with Crippen LogP contribution in [-0.2, 0) is 26.6 Å². The lowest BCUT2D eigenvalue weighted by Gasteiger charge is -2.20. The Morgan fingerprint density at radius 3 is 3.00 bits per heavy atom. The zero-order valence-electron chi connectivity index (χ0n) is 14.3. The van der Waals surface area contributed by atoms with Crippen LogP contribution in [0.4, 0.5) is 0 Å². The number of amides is 1. The molecule has 2 N–H and O–H groups in total. The van der Waals surface area contributed by atoms with Gasteiger partial charge in [0.2, 0.25) is 0 Å². The summed E-state index contributed by atoms with van der Waals surface area (Å²) in [5.41, 5.74) is 3.19. The number of fused-ring (bicyclic) bond motifs is 2. The van der Waals surface area contributed by atoms with Gasteiger partial charge in [-0.15, -0.1) is 0 Å². The quantitative estimate of drug-likeness (QED) is 0.726. The summed E-state index contributed by atoms with van der Waals surface area (Å²) < 4.78 is 3.20. The lowest BCUT2D eigenvalue weighted by molar-refractivity contribution is 0.0952. The van der Waals surface area contributed by atoms with Crippen LogP contribution in [0.5, 0.6) is 0 Å². The second-order valence-electron chi connectivity index (χ2n) is 6.28. The highest BCUT2D eigenvalue weighted by Crippen LogP contribution is 2.17. The van der Waals surface area contributed by atoms with Crippen LogP contribution in [0.25, 0.3) is 5.65 Å². The van der Waals surface area contributed by atoms with Crippen molar-refractivity contribution >= 4 is 23.2 Å². The maximum Gasteiger partial charge on any atom is 0.279 e. The normalized spacial score (nSPS) is 13.6. The number of nitrogens with one attached hydrogen (secondary N) is 2. The molecule has 3 heterocycles. The lowest BCUT2D eigenvalue weighted by Crippen LogP contribution is -2.35. The Morgan fingerprint density at radius 1 is 1.38 bits per heavy atom. The van der Waals surface area contributed by atoms with Gasteiger partial charge < -0.3 is 15.2 Å². The van der Waals surface area contributed by atoms with E-state index in [4.69, 9.17) is 11.6 Å². The van der Waals surface area contributed by atoms with Crippen molar-refractivity contribution in [3.05, 3.63) is 68.2 Å². The molecule has 0 saturated carbocycles. The van der Waals surface area contributed by atoms with Crippen molar-refractivity contribution in [1.29, 1.82) is 0 Å². The Labute approximate surface area is 154 Å². The van der Waals surface area contributed by atoms with Gasteiger partial charge in [-0.25, -0.2) is 0 Å². The highest BCUT2D eigenvalue weighted by atomic mass is 35.5. The Morgan fingerprint density at radius 2 is 2.19 bits per heavy atom. The van der Waals surface area contributed by atoms with E-state index in [1.165, 1.54) is 10.7 Å². The molecule has 0 saturated heterocycles. The molecule has 2 aromatic heterocycles. The lowest BCUT2D eigenvalue weighted by atomic mass is 10.1. The molecule has 0 spiro atoms. The van der Waals surface area contributed by atoms with Crippen molar-refractivity contribution in [3.8, 4) is 0 Å². The van der Waals surface area contributed by atoms with E-state index in [1.54, 1.807) is 6.07 Å². The van der Waals surface area contributed by atoms with Gasteiger partial charge in [-0.3, -0.25) is 9.59 Å². The number of rotatable bonds is 3. The zero-order valence-corrected chi connectivity index (χ0v) is 15.0. The molecule has 0 bridgehead atoms. The van der Waals surface area contributed by atoms with Gasteiger partial charge in [0.05, 0.1) is 11.8 Å². The van der Waals surface area contributed by atoms with E-state index in [2.05, 4.69) is 15.7 Å². The Bertz CT molecular complexity index is 1070. The first-order valence-electron chi connectivity index (χ1n) is 8.38. The van der Waals surface area contributed by atoms with Crippen LogP contribution in [0.3, 0.4) is 0 Å². The molecule has 0 aliphatic carbocycles. The first kappa shape index (κ1) is 16.8. The van der Waals surface area contributed by atoms with E-state index >= 15 is 0 Å². The molecular weight excluding hydrogens is 354 g/mol. The summed E-state index contributed by atoms with van der Waals surface area (Å²) >= 11 is 6.13. The molecule has 8 heteroatoms. The first-order valence-corrected chi connectivity index (χ1v) is 8.76. The average Bonchev–Trinajstić information content (AvgIpc) is 3.11. The fourth-order valence-corrected chi connectivity index (χ4v) is 3.59. The third-order valence-electron chi connectivity index (χ3n) is 4.75. The van der Waals surface area contributed by atoms with Crippen LogP contribution < -0.4 is 16.2 Å². The summed E-state index contributed by atoms with van der Waals surface area (Å²) in [6.45, 7) is 1.63. The Balaban J connectivity index is 1.71. The van der Waals surface area contributed by atoms with Gasteiger partial charge >= 0.3 is 0 Å². The van der Waals surface area contributed by atoms with E-state index in [9.17, 15) is 9.59 Å². The first-order chi connectivity index (χ1) is 12.6. The van der Waals surface area contributed by atoms with E-state index in [1.807, 2.05) is 29.8 Å². The van der Waals surface area contributed by atoms with Crippen molar-refractivity contribution in [2.45, 2.75) is 19.5 Å². The summed E-state index contributed by atoms with van der Waals surface area (Å²) in [6, 6.07) is 7.35. The topological polar surface area (TPSA) is 80.4 Å². The number of aryl methyl sites for hydroxylation is 1. The monoisotopic (exact) mass is 371 g/mol. The molecule has 1 amide bonds. The molecule has 0 fully saturated rings. The maximum absolute atomic E-state index is 12.7. The van der Waals surface area contributed by atoms with Crippen molar-refractivity contribution in [1.82, 2.24) is 24.8 Å². The number of carbonyl (C=O) groups excluding carboxylic acids is 1. The number of hydrogen-bond acceptors (Lipinski definition) is 4. The minimum Gasteiger partial charge on any atom is -0.348 e. The smallest absolute Gasteiger partial charge is 0.279 e. The molecule has 3 aromatic rings. The van der Waals surface area contributed by atoms with Gasteiger partial charge in [-0.05, 0) is 11.6 Å². The molecule has 134 valence electrons. The fraction of sp³-hybridized carbons (Fsp3) is 0.278. The third-order valence-corrected chi connectivity index (χ3v) is 5.12. The fourth-order valence-electron chi connectivity index (χ4n) is 3.38. The number of halogens is 1. The minimum atomic E-state index is -0.288. The van der Waals surface area contributed by atoms with Crippen molar-refractivity contribution in [3.63, 3.8) is 0 Å². The molecule has 1 aliphatic heterocycles. The van der Waals surface area contributed by atoms with Crippen LogP contribution in [0, 0.1) is 0 Å². The molecule has 4 rings (SSSR count). The predicted molar refractivity (Wildman–Crippen MR) is 98.5 cm³/mol. The van der Waals surface area contributed by atoms with Gasteiger partial charge in [0, 0.05) is 43.8 Å². The van der Waals surface area contributed by atoms with Crippen LogP contribution >= 0.6 is 11.6 Å². The van der Waals surface area contributed by atoms with Crippen molar-refractivity contribution in [2.75, 3.05) is 6.54 Å². The van der Waals surface area contributed by atoms with Gasteiger partial charge in [0.25, 0.3) is 11.5 Å². The van der Waals surface area contributed by atoms with Gasteiger partial charge in [0.1, 0.15) is 5.56 Å². The molecule has 0 unspecified atom stereocenters. The molecular formula is C18H18ClN5O2. The SMILES string of the molecule is Cn1c2c(c(=O)n3ncc(C(=O)NCc4ccccc4Cl)c13)CNCC2. The van der Waals surface area contributed by atoms with Crippen molar-refractivity contribution < 1.29 is 4.79 Å². The number of aromatic nitrogens is 3. The highest BCUT2D eigenvalue weighted by molar-refractivity contribution is 6.31. The van der Waals surface area contributed by atoms with Gasteiger partial charge in [-0.2, -0.15) is 9.61 Å². The Hall–Kier alpha value is -2.64. The average molecular weight is 372 g/mol. The standard InChI is InChI=1S/C18H18ClN5O2/c1-23-15-6-7-20-9-12(15)18(26)24-17(23)13(10-22-24)16(25)21-8-11-4-2-3-5-14(11)19/h2-5,10,20H,6-9H2,1H3,(H,21,25). The summed E-state index contributed by atoms with van der Waals surface area (Å²) in [5.74, 6) is -0.288. The number of nitrogens with zero attached hydrogens (tertiary/aromatic N) is 3. The van der Waals surface area contributed by atoms with Gasteiger partial charge in [0.15, 0.2) is 5.65 Å². The van der Waals surface area contributed by atoms with Crippen molar-refractivity contribution in [2.24, 2.45) is 7.05 Å². The largest absolute Gasteiger partial charge is 0.348 e. The predicted octanol–water partition coefficient (Wildman–Crippen LogP) is 1.26. The summed E-state index contributed by atoms with van der Waals surface area (Å²) in [5, 5.41) is 10.8. The summed E-state index contributed by atoms with van der Waals surface area (Å²) in [7, 11) is 1.87. The molecule has 7 nitrogen and oxygen atoms in total. The third kappa shape index (κ3) is 2.69. The number of carbonyl (C=O) groups is 1. The molecule has 1 aromatic carbocycles. The number of benzene rings is 1. The molecule has 26 heavy (non-hydrogen) atoms. The van der Waals surface area contributed by atoms with Crippen LogP contribution in [0.1, 0.15) is 27.2 Å². The maximum atomic E-state index is 12.7.